The molecule has 2 aliphatic carbocycles. The molecular formula is C32H38N4O5S. The Balaban J connectivity index is 1.42. The highest BCUT2D eigenvalue weighted by molar-refractivity contribution is 7.87. The maximum Gasteiger partial charge on any atom is 0.303 e. The van der Waals surface area contributed by atoms with Gasteiger partial charge >= 0.3 is 10.2 Å². The highest BCUT2D eigenvalue weighted by atomic mass is 32.2. The van der Waals surface area contributed by atoms with Crippen molar-refractivity contribution in [3.63, 3.8) is 0 Å². The number of benzene rings is 2. The van der Waals surface area contributed by atoms with E-state index in [2.05, 4.69) is 33.6 Å². The number of hydrogen-bond acceptors (Lipinski definition) is 5. The lowest BCUT2D eigenvalue weighted by molar-refractivity contribution is -0.141. The Kier molecular flexibility index (Phi) is 6.71. The van der Waals surface area contributed by atoms with Crippen LogP contribution in [0.4, 0.5) is 0 Å². The monoisotopic (exact) mass is 590 g/mol. The molecule has 2 amide bonds. The van der Waals surface area contributed by atoms with E-state index < -0.39 is 21.5 Å². The summed E-state index contributed by atoms with van der Waals surface area (Å²) in [5.74, 6) is 0.0397. The highest BCUT2D eigenvalue weighted by Gasteiger charge is 2.63. The maximum atomic E-state index is 14.3. The summed E-state index contributed by atoms with van der Waals surface area (Å²) in [6, 6.07) is 14.1. The molecule has 2 aliphatic heterocycles. The fourth-order valence-electron chi connectivity index (χ4n) is 7.62. The minimum absolute atomic E-state index is 0.134. The lowest BCUT2D eigenvalue weighted by Gasteiger charge is -2.31. The van der Waals surface area contributed by atoms with Crippen LogP contribution in [0.3, 0.4) is 0 Å². The zero-order valence-corrected chi connectivity index (χ0v) is 25.1. The second-order valence-corrected chi connectivity index (χ2v) is 14.4. The van der Waals surface area contributed by atoms with Crippen LogP contribution in [-0.2, 0) is 26.3 Å². The average molecular weight is 591 g/mol. The van der Waals surface area contributed by atoms with Crippen molar-refractivity contribution in [2.45, 2.75) is 56.9 Å². The SMILES string of the molecule is CN(C)S(=O)(=O)NC(=O)c1ccc2c(C3CCCCC3)c3n(c2c1)C[C@@]1(C(=O)N2CCOCC2)C[C@H]1c1ccccc1-3. The molecule has 1 aromatic heterocycles. The second kappa shape index (κ2) is 10.2. The number of hydrogen-bond donors (Lipinski definition) is 1. The Bertz CT molecular complexity index is 1680. The van der Waals surface area contributed by atoms with Crippen molar-refractivity contribution in [1.82, 2.24) is 18.5 Å². The maximum absolute atomic E-state index is 14.3. The third kappa shape index (κ3) is 4.37. The number of ether oxygens (including phenoxy) is 1. The van der Waals surface area contributed by atoms with E-state index in [1.165, 1.54) is 50.0 Å². The Labute approximate surface area is 247 Å². The molecule has 2 atom stereocenters. The van der Waals surface area contributed by atoms with Gasteiger partial charge in [-0.2, -0.15) is 12.7 Å². The predicted molar refractivity (Wildman–Crippen MR) is 160 cm³/mol. The minimum Gasteiger partial charge on any atom is -0.378 e. The molecule has 42 heavy (non-hydrogen) atoms. The number of amides is 2. The summed E-state index contributed by atoms with van der Waals surface area (Å²) in [5, 5.41) is 1.09. The van der Waals surface area contributed by atoms with Gasteiger partial charge in [-0.25, -0.2) is 4.72 Å². The number of rotatable bonds is 5. The third-order valence-electron chi connectivity index (χ3n) is 9.91. The van der Waals surface area contributed by atoms with Gasteiger partial charge in [0.25, 0.3) is 5.91 Å². The largest absolute Gasteiger partial charge is 0.378 e. The molecular weight excluding hydrogens is 552 g/mol. The molecule has 1 N–H and O–H groups in total. The van der Waals surface area contributed by atoms with Gasteiger partial charge in [-0.15, -0.1) is 0 Å². The standard InChI is InChI=1S/C32H38N4O5S/c1-34(2)42(39,40)33-30(37)22-12-13-25-27(18-22)36-20-32(31(38)35-14-16-41-17-15-35)19-26(32)23-10-6-7-11-24(23)29(36)28(25)21-8-4-3-5-9-21/h6-7,10-13,18,21,26H,3-5,8-9,14-17,19-20H2,1-2H3,(H,33,37)/t26-,32-/m0/s1. The molecule has 3 aromatic rings. The molecule has 222 valence electrons. The summed E-state index contributed by atoms with van der Waals surface area (Å²) >= 11 is 0. The smallest absolute Gasteiger partial charge is 0.303 e. The van der Waals surface area contributed by atoms with Crippen molar-refractivity contribution in [3.8, 4) is 11.3 Å². The normalized spacial score (nSPS) is 24.1. The number of nitrogens with zero attached hydrogens (tertiary/aromatic N) is 3. The number of aromatic nitrogens is 1. The fourth-order valence-corrected chi connectivity index (χ4v) is 8.15. The fraction of sp³-hybridized carbons (Fsp3) is 0.500. The molecule has 9 nitrogen and oxygen atoms in total. The summed E-state index contributed by atoms with van der Waals surface area (Å²) in [5.41, 5.74) is 5.48. The zero-order chi connectivity index (χ0) is 29.2. The van der Waals surface area contributed by atoms with Crippen LogP contribution >= 0.6 is 0 Å². The number of carbonyl (C=O) groups is 2. The van der Waals surface area contributed by atoms with Gasteiger partial charge in [0.1, 0.15) is 0 Å². The van der Waals surface area contributed by atoms with Gasteiger partial charge in [0.05, 0.1) is 24.3 Å². The number of fused-ring (bicyclic) bond motifs is 7. The van der Waals surface area contributed by atoms with E-state index in [0.717, 1.165) is 40.2 Å². The molecule has 2 aromatic carbocycles. The van der Waals surface area contributed by atoms with Crippen LogP contribution in [-0.4, -0.2) is 74.4 Å². The van der Waals surface area contributed by atoms with Gasteiger partial charge in [-0.05, 0) is 48.4 Å². The van der Waals surface area contributed by atoms with Crippen molar-refractivity contribution < 1.29 is 22.7 Å². The summed E-state index contributed by atoms with van der Waals surface area (Å²) in [6.45, 7) is 2.85. The molecule has 0 radical (unpaired) electrons. The summed E-state index contributed by atoms with van der Waals surface area (Å²) < 4.78 is 35.9. The molecule has 3 fully saturated rings. The van der Waals surface area contributed by atoms with Crippen LogP contribution in [0.5, 0.6) is 0 Å². The first-order chi connectivity index (χ1) is 20.2. The van der Waals surface area contributed by atoms with E-state index in [0.29, 0.717) is 38.8 Å². The van der Waals surface area contributed by atoms with Crippen LogP contribution in [0, 0.1) is 5.41 Å². The second-order valence-electron chi connectivity index (χ2n) is 12.5. The molecule has 1 saturated heterocycles. The topological polar surface area (TPSA) is 101 Å². The van der Waals surface area contributed by atoms with E-state index in [1.54, 1.807) is 6.07 Å². The Morgan fingerprint density at radius 3 is 2.50 bits per heavy atom. The quantitative estimate of drug-likeness (QED) is 0.479. The molecule has 3 heterocycles. The Morgan fingerprint density at radius 2 is 1.76 bits per heavy atom. The zero-order valence-electron chi connectivity index (χ0n) is 24.3. The minimum atomic E-state index is -3.94. The molecule has 0 bridgehead atoms. The Hall–Kier alpha value is -3.21. The summed E-state index contributed by atoms with van der Waals surface area (Å²) in [7, 11) is -1.17. The van der Waals surface area contributed by atoms with Crippen LogP contribution in [0.2, 0.25) is 0 Å². The average Bonchev–Trinajstić information content (AvgIpc) is 3.67. The van der Waals surface area contributed by atoms with Gasteiger partial charge < -0.3 is 14.2 Å². The number of morpholine rings is 1. The van der Waals surface area contributed by atoms with E-state index in [4.69, 9.17) is 4.74 Å². The van der Waals surface area contributed by atoms with Crippen LogP contribution in [0.15, 0.2) is 42.5 Å². The lowest BCUT2D eigenvalue weighted by atomic mass is 9.81. The van der Waals surface area contributed by atoms with Crippen molar-refractivity contribution in [2.24, 2.45) is 5.41 Å². The highest BCUT2D eigenvalue weighted by Crippen LogP contribution is 2.65. The van der Waals surface area contributed by atoms with E-state index in [1.807, 2.05) is 17.0 Å². The first-order valence-corrected chi connectivity index (χ1v) is 16.5. The van der Waals surface area contributed by atoms with Crippen molar-refractivity contribution in [2.75, 3.05) is 40.4 Å². The van der Waals surface area contributed by atoms with Crippen molar-refractivity contribution >= 4 is 32.9 Å². The van der Waals surface area contributed by atoms with E-state index in [9.17, 15) is 18.0 Å². The van der Waals surface area contributed by atoms with Gasteiger partial charge in [0, 0.05) is 61.7 Å². The van der Waals surface area contributed by atoms with Crippen molar-refractivity contribution in [3.05, 3.63) is 59.2 Å². The van der Waals surface area contributed by atoms with Crippen LogP contribution in [0.25, 0.3) is 22.2 Å². The van der Waals surface area contributed by atoms with Crippen LogP contribution in [0.1, 0.15) is 71.8 Å². The van der Waals surface area contributed by atoms with E-state index >= 15 is 0 Å². The number of nitrogens with one attached hydrogen (secondary N) is 1. The van der Waals surface area contributed by atoms with E-state index in [-0.39, 0.29) is 17.4 Å². The predicted octanol–water partition coefficient (Wildman–Crippen LogP) is 4.24. The van der Waals surface area contributed by atoms with Gasteiger partial charge in [0.15, 0.2) is 0 Å². The summed E-state index contributed by atoms with van der Waals surface area (Å²) in [6.07, 6.45) is 6.62. The molecule has 10 heteroatoms. The molecule has 0 spiro atoms. The third-order valence-corrected chi connectivity index (χ3v) is 11.3. The van der Waals surface area contributed by atoms with Gasteiger partial charge in [0.2, 0.25) is 5.91 Å². The van der Waals surface area contributed by atoms with Gasteiger partial charge in [-0.1, -0.05) is 49.6 Å². The first kappa shape index (κ1) is 27.6. The van der Waals surface area contributed by atoms with Crippen LogP contribution < -0.4 is 4.72 Å². The number of carbonyl (C=O) groups excluding carboxylic acids is 2. The lowest BCUT2D eigenvalue weighted by Crippen LogP contribution is -2.45. The Morgan fingerprint density at radius 1 is 1.02 bits per heavy atom. The first-order valence-electron chi connectivity index (χ1n) is 15.1. The molecule has 0 unspecified atom stereocenters. The van der Waals surface area contributed by atoms with Gasteiger partial charge in [-0.3, -0.25) is 9.59 Å². The molecule has 4 aliphatic rings. The van der Waals surface area contributed by atoms with Crippen molar-refractivity contribution in [1.29, 1.82) is 0 Å². The summed E-state index contributed by atoms with van der Waals surface area (Å²) in [4.78, 5) is 29.4. The molecule has 7 rings (SSSR count). The molecule has 2 saturated carbocycles.